The number of nitriles is 4. The number of hydrogen-bond donors (Lipinski definition) is 0. The fourth-order valence-corrected chi connectivity index (χ4v) is 2.82. The number of ether oxygens (including phenoxy) is 1. The largest absolute Gasteiger partial charge is 0.497 e. The van der Waals surface area contributed by atoms with Gasteiger partial charge in [-0.2, -0.15) is 21.0 Å². The summed E-state index contributed by atoms with van der Waals surface area (Å²) < 4.78 is 5.16. The molecule has 0 saturated heterocycles. The van der Waals surface area contributed by atoms with Crippen LogP contribution < -0.4 is 9.64 Å². The van der Waals surface area contributed by atoms with Gasteiger partial charge in [0.05, 0.1) is 7.11 Å². The minimum atomic E-state index is -0.0841. The maximum Gasteiger partial charge on any atom is 0.137 e. The van der Waals surface area contributed by atoms with Gasteiger partial charge in [0.25, 0.3) is 0 Å². The van der Waals surface area contributed by atoms with Crippen molar-refractivity contribution in [3.63, 3.8) is 0 Å². The molecule has 0 spiro atoms. The first kappa shape index (κ1) is 22.5. The number of anilines is 1. The Labute approximate surface area is 182 Å². The lowest BCUT2D eigenvalue weighted by Gasteiger charge is -2.13. The molecule has 0 aromatic heterocycles. The summed E-state index contributed by atoms with van der Waals surface area (Å²) >= 11 is 0. The molecule has 2 rings (SSSR count). The Balaban J connectivity index is 2.63. The van der Waals surface area contributed by atoms with Gasteiger partial charge in [-0.25, -0.2) is 0 Å². The molecule has 0 aliphatic rings. The third kappa shape index (κ3) is 5.39. The molecule has 6 nitrogen and oxygen atoms in total. The predicted molar refractivity (Wildman–Crippen MR) is 119 cm³/mol. The number of rotatable bonds is 6. The molecule has 150 valence electrons. The minimum absolute atomic E-state index is 0.0709. The number of allylic oxidation sites excluding steroid dienone is 6. The van der Waals surface area contributed by atoms with E-state index in [0.717, 1.165) is 5.69 Å². The van der Waals surface area contributed by atoms with E-state index in [0.29, 0.717) is 28.0 Å². The summed E-state index contributed by atoms with van der Waals surface area (Å²) in [5, 5.41) is 37.7. The van der Waals surface area contributed by atoms with Gasteiger partial charge >= 0.3 is 0 Å². The molecule has 0 amide bonds. The zero-order valence-corrected chi connectivity index (χ0v) is 17.4. The van der Waals surface area contributed by atoms with E-state index in [-0.39, 0.29) is 11.1 Å². The number of benzene rings is 2. The highest BCUT2D eigenvalue weighted by Gasteiger charge is 2.11. The normalized spacial score (nSPS) is 9.52. The lowest BCUT2D eigenvalue weighted by molar-refractivity contribution is 0.415. The van der Waals surface area contributed by atoms with Gasteiger partial charge in [0.1, 0.15) is 41.2 Å². The smallest absolute Gasteiger partial charge is 0.137 e. The van der Waals surface area contributed by atoms with Gasteiger partial charge in [-0.15, -0.1) is 0 Å². The van der Waals surface area contributed by atoms with Crippen LogP contribution in [0.5, 0.6) is 5.75 Å². The Kier molecular flexibility index (Phi) is 7.75. The Morgan fingerprint density at radius 2 is 1.10 bits per heavy atom. The second-order valence-electron chi connectivity index (χ2n) is 6.53. The predicted octanol–water partition coefficient (Wildman–Crippen LogP) is 4.62. The van der Waals surface area contributed by atoms with E-state index >= 15 is 0 Å². The molecule has 2 aromatic carbocycles. The maximum atomic E-state index is 9.44. The average molecular weight is 405 g/mol. The molecule has 0 radical (unpaired) electrons. The summed E-state index contributed by atoms with van der Waals surface area (Å²) in [5.74, 6) is 0.639. The van der Waals surface area contributed by atoms with E-state index in [1.165, 1.54) is 0 Å². The number of methoxy groups -OCH3 is 1. The van der Waals surface area contributed by atoms with Crippen LogP contribution in [0.4, 0.5) is 5.69 Å². The van der Waals surface area contributed by atoms with E-state index in [4.69, 9.17) is 4.74 Å². The summed E-state index contributed by atoms with van der Waals surface area (Å²) in [6.45, 7) is 0. The highest BCUT2D eigenvalue weighted by molar-refractivity contribution is 5.88. The molecule has 31 heavy (non-hydrogen) atoms. The SMILES string of the molecule is COc1ccc(C(/C=C/C(=C(C#N)C#N)c2ccc(N(C)C)cc2)=C(C#N)C#N)cc1. The van der Waals surface area contributed by atoms with Crippen LogP contribution in [0.3, 0.4) is 0 Å². The molecular formula is C25H19N5O. The zero-order valence-electron chi connectivity index (χ0n) is 17.4. The minimum Gasteiger partial charge on any atom is -0.497 e. The van der Waals surface area contributed by atoms with Crippen molar-refractivity contribution >= 4 is 16.8 Å². The van der Waals surface area contributed by atoms with E-state index in [1.807, 2.05) is 67.5 Å². The second-order valence-corrected chi connectivity index (χ2v) is 6.53. The molecule has 0 atom stereocenters. The average Bonchev–Trinajstić information content (AvgIpc) is 2.81. The summed E-state index contributed by atoms with van der Waals surface area (Å²) in [6, 6.07) is 22.0. The molecule has 6 heteroatoms. The summed E-state index contributed by atoms with van der Waals surface area (Å²) in [5.41, 5.74) is 2.90. The summed E-state index contributed by atoms with van der Waals surface area (Å²) in [6.07, 6.45) is 3.16. The van der Waals surface area contributed by atoms with Crippen molar-refractivity contribution in [1.82, 2.24) is 0 Å². The zero-order chi connectivity index (χ0) is 22.8. The third-order valence-corrected chi connectivity index (χ3v) is 4.50. The van der Waals surface area contributed by atoms with E-state index in [9.17, 15) is 21.0 Å². The van der Waals surface area contributed by atoms with Crippen molar-refractivity contribution in [2.45, 2.75) is 0 Å². The molecule has 0 bridgehead atoms. The highest BCUT2D eigenvalue weighted by Crippen LogP contribution is 2.27. The standard InChI is InChI=1S/C25H19N5O/c1-30(2)22-8-4-18(5-9-22)24(20(14-26)15-27)12-13-25(21(16-28)17-29)19-6-10-23(31-3)11-7-19/h4-13H,1-3H3/b13-12+. The first-order chi connectivity index (χ1) is 15.0. The van der Waals surface area contributed by atoms with Gasteiger partial charge in [0.2, 0.25) is 0 Å². The van der Waals surface area contributed by atoms with Crippen molar-refractivity contribution in [2.24, 2.45) is 0 Å². The molecular weight excluding hydrogens is 386 g/mol. The van der Waals surface area contributed by atoms with Gasteiger partial charge in [-0.3, -0.25) is 0 Å². The van der Waals surface area contributed by atoms with Crippen LogP contribution in [-0.2, 0) is 0 Å². The Bertz CT molecular complexity index is 1170. The van der Waals surface area contributed by atoms with Crippen molar-refractivity contribution < 1.29 is 4.74 Å². The van der Waals surface area contributed by atoms with E-state index in [1.54, 1.807) is 43.5 Å². The lowest BCUT2D eigenvalue weighted by atomic mass is 9.96. The van der Waals surface area contributed by atoms with Gasteiger partial charge in [-0.1, -0.05) is 36.4 Å². The Morgan fingerprint density at radius 3 is 1.42 bits per heavy atom. The Hall–Kier alpha value is -4.78. The summed E-state index contributed by atoms with van der Waals surface area (Å²) in [4.78, 5) is 1.94. The fraction of sp³-hybridized carbons (Fsp3) is 0.120. The number of nitrogens with zero attached hydrogens (tertiary/aromatic N) is 5. The summed E-state index contributed by atoms with van der Waals surface area (Å²) in [7, 11) is 5.38. The van der Waals surface area contributed by atoms with Crippen LogP contribution in [0.15, 0.2) is 71.8 Å². The molecule has 0 saturated carbocycles. The molecule has 0 unspecified atom stereocenters. The topological polar surface area (TPSA) is 108 Å². The molecule has 0 fully saturated rings. The van der Waals surface area contributed by atoms with Gasteiger partial charge in [0, 0.05) is 30.9 Å². The third-order valence-electron chi connectivity index (χ3n) is 4.50. The van der Waals surface area contributed by atoms with Crippen LogP contribution in [0.1, 0.15) is 11.1 Å². The monoisotopic (exact) mass is 405 g/mol. The molecule has 2 aromatic rings. The van der Waals surface area contributed by atoms with Crippen molar-refractivity contribution in [3.05, 3.63) is 83.0 Å². The Morgan fingerprint density at radius 1 is 0.710 bits per heavy atom. The molecule has 0 N–H and O–H groups in total. The van der Waals surface area contributed by atoms with Gasteiger partial charge < -0.3 is 9.64 Å². The molecule has 0 aliphatic carbocycles. The van der Waals surface area contributed by atoms with Crippen molar-refractivity contribution in [2.75, 3.05) is 26.1 Å². The van der Waals surface area contributed by atoms with E-state index < -0.39 is 0 Å². The molecule has 0 heterocycles. The second kappa shape index (κ2) is 10.7. The highest BCUT2D eigenvalue weighted by atomic mass is 16.5. The van der Waals surface area contributed by atoms with Crippen LogP contribution in [0.25, 0.3) is 11.1 Å². The first-order valence-electron chi connectivity index (χ1n) is 9.18. The van der Waals surface area contributed by atoms with Crippen LogP contribution in [0.2, 0.25) is 0 Å². The van der Waals surface area contributed by atoms with Gasteiger partial charge in [-0.05, 0) is 35.4 Å². The van der Waals surface area contributed by atoms with Crippen LogP contribution in [-0.4, -0.2) is 21.2 Å². The molecule has 0 aliphatic heterocycles. The van der Waals surface area contributed by atoms with Crippen LogP contribution in [0, 0.1) is 45.3 Å². The van der Waals surface area contributed by atoms with Crippen molar-refractivity contribution in [1.29, 1.82) is 21.0 Å². The first-order valence-corrected chi connectivity index (χ1v) is 9.18. The van der Waals surface area contributed by atoms with E-state index in [2.05, 4.69) is 0 Å². The quantitative estimate of drug-likeness (QED) is 0.512. The van der Waals surface area contributed by atoms with Crippen LogP contribution >= 0.6 is 0 Å². The maximum absolute atomic E-state index is 9.44. The lowest BCUT2D eigenvalue weighted by Crippen LogP contribution is -2.08. The number of hydrogen-bond acceptors (Lipinski definition) is 6. The van der Waals surface area contributed by atoms with Crippen molar-refractivity contribution in [3.8, 4) is 30.0 Å². The fourth-order valence-electron chi connectivity index (χ4n) is 2.82. The van der Waals surface area contributed by atoms with Gasteiger partial charge in [0.15, 0.2) is 0 Å².